The summed E-state index contributed by atoms with van der Waals surface area (Å²) in [4.78, 5) is 16.6. The monoisotopic (exact) mass is 388 g/mol. The van der Waals surface area contributed by atoms with E-state index in [2.05, 4.69) is 10.3 Å². The van der Waals surface area contributed by atoms with Gasteiger partial charge in [-0.15, -0.1) is 0 Å². The van der Waals surface area contributed by atoms with Gasteiger partial charge in [0.05, 0.1) is 12.2 Å². The molecule has 0 saturated carbocycles. The highest BCUT2D eigenvalue weighted by Gasteiger charge is 2.20. The third kappa shape index (κ3) is 4.38. The average Bonchev–Trinajstić information content (AvgIpc) is 2.76. The molecule has 0 aliphatic carbocycles. The van der Waals surface area contributed by atoms with E-state index < -0.39 is 0 Å². The average molecular weight is 388 g/mol. The molecule has 0 bridgehead atoms. The van der Waals surface area contributed by atoms with E-state index in [1.807, 2.05) is 31.2 Å². The lowest BCUT2D eigenvalue weighted by molar-refractivity contribution is -0.113. The van der Waals surface area contributed by atoms with Crippen LogP contribution in [0.25, 0.3) is 6.08 Å². The van der Waals surface area contributed by atoms with E-state index in [0.29, 0.717) is 40.9 Å². The number of nitrogens with one attached hydrogen (secondary N) is 1. The predicted octanol–water partition coefficient (Wildman–Crippen LogP) is 4.69. The number of amides is 1. The van der Waals surface area contributed by atoms with E-state index in [-0.39, 0.29) is 12.5 Å². The number of carbonyl (C=O) groups excluding carboxylic acids is 1. The van der Waals surface area contributed by atoms with Crippen molar-refractivity contribution in [3.63, 3.8) is 0 Å². The number of benzene rings is 2. The summed E-state index contributed by atoms with van der Waals surface area (Å²) in [5.74, 6) is 2.52. The Morgan fingerprint density at radius 1 is 1.07 bits per heavy atom. The second-order valence-corrected chi connectivity index (χ2v) is 6.33. The van der Waals surface area contributed by atoms with Crippen molar-refractivity contribution < 1.29 is 19.0 Å². The molecule has 0 spiro atoms. The summed E-state index contributed by atoms with van der Waals surface area (Å²) in [7, 11) is 0. The van der Waals surface area contributed by atoms with Gasteiger partial charge >= 0.3 is 0 Å². The van der Waals surface area contributed by atoms with E-state index >= 15 is 0 Å². The highest BCUT2D eigenvalue weighted by atomic mass is 16.5. The van der Waals surface area contributed by atoms with Crippen molar-refractivity contribution in [1.82, 2.24) is 4.98 Å². The smallest absolute Gasteiger partial charge is 0.255 e. The van der Waals surface area contributed by atoms with Crippen LogP contribution < -0.4 is 19.5 Å². The van der Waals surface area contributed by atoms with Crippen LogP contribution in [0.2, 0.25) is 0 Å². The molecule has 2 aromatic carbocycles. The summed E-state index contributed by atoms with van der Waals surface area (Å²) in [6.07, 6.45) is 5.16. The van der Waals surface area contributed by atoms with E-state index in [9.17, 15) is 4.79 Å². The third-order valence-electron chi connectivity index (χ3n) is 4.30. The van der Waals surface area contributed by atoms with Crippen LogP contribution in [-0.2, 0) is 4.79 Å². The number of para-hydroxylation sites is 1. The van der Waals surface area contributed by atoms with Crippen LogP contribution in [0.1, 0.15) is 12.5 Å². The van der Waals surface area contributed by atoms with Crippen molar-refractivity contribution in [2.75, 3.05) is 18.5 Å². The first-order valence-electron chi connectivity index (χ1n) is 9.31. The lowest BCUT2D eigenvalue weighted by atomic mass is 10.1. The summed E-state index contributed by atoms with van der Waals surface area (Å²) in [5, 5.41) is 2.89. The molecule has 0 fully saturated rings. The van der Waals surface area contributed by atoms with Crippen molar-refractivity contribution >= 4 is 17.7 Å². The first-order chi connectivity index (χ1) is 14.2. The van der Waals surface area contributed by atoms with E-state index in [0.717, 1.165) is 5.56 Å². The molecule has 1 aliphatic rings. The minimum Gasteiger partial charge on any atom is -0.490 e. The van der Waals surface area contributed by atoms with Crippen molar-refractivity contribution in [1.29, 1.82) is 0 Å². The van der Waals surface area contributed by atoms with Gasteiger partial charge in [-0.1, -0.05) is 12.1 Å². The molecule has 3 aromatic rings. The topological polar surface area (TPSA) is 69.7 Å². The summed E-state index contributed by atoms with van der Waals surface area (Å²) in [5.41, 5.74) is 2.04. The maximum Gasteiger partial charge on any atom is 0.255 e. The van der Waals surface area contributed by atoms with E-state index in [1.165, 1.54) is 0 Å². The largest absolute Gasteiger partial charge is 0.490 e. The molecule has 0 saturated heterocycles. The quantitative estimate of drug-likeness (QED) is 0.664. The molecule has 1 aromatic heterocycles. The maximum atomic E-state index is 12.6. The fourth-order valence-corrected chi connectivity index (χ4v) is 2.94. The van der Waals surface area contributed by atoms with Gasteiger partial charge in [-0.25, -0.2) is 0 Å². The molecule has 0 atom stereocenters. The Hall–Kier alpha value is -3.80. The van der Waals surface area contributed by atoms with Crippen LogP contribution in [0.3, 0.4) is 0 Å². The predicted molar refractivity (Wildman–Crippen MR) is 110 cm³/mol. The Bertz CT molecular complexity index is 1030. The summed E-state index contributed by atoms with van der Waals surface area (Å²) < 4.78 is 17.1. The number of aromatic nitrogens is 1. The standard InChI is InChI=1S/C23H20N2O4/c1-2-27-21-5-3-4-16-14-17(15-28-22(16)21)23(26)25-18-6-8-19(9-7-18)29-20-10-12-24-13-11-20/h3-14H,2,15H2,1H3,(H,25,26). The van der Waals surface area contributed by atoms with Gasteiger partial charge < -0.3 is 19.5 Å². The van der Waals surface area contributed by atoms with Crippen molar-refractivity contribution in [3.05, 3.63) is 78.1 Å². The molecule has 1 amide bonds. The Morgan fingerprint density at radius 2 is 1.83 bits per heavy atom. The minimum absolute atomic E-state index is 0.187. The Morgan fingerprint density at radius 3 is 2.59 bits per heavy atom. The Balaban J connectivity index is 1.44. The minimum atomic E-state index is -0.208. The van der Waals surface area contributed by atoms with Crippen LogP contribution in [0.5, 0.6) is 23.0 Å². The lowest BCUT2D eigenvalue weighted by Crippen LogP contribution is -2.21. The number of rotatable bonds is 6. The number of hydrogen-bond acceptors (Lipinski definition) is 5. The first-order valence-corrected chi connectivity index (χ1v) is 9.31. The summed E-state index contributed by atoms with van der Waals surface area (Å²) >= 11 is 0. The molecule has 1 N–H and O–H groups in total. The van der Waals surface area contributed by atoms with Gasteiger partial charge in [0.2, 0.25) is 0 Å². The first kappa shape index (κ1) is 18.6. The summed E-state index contributed by atoms with van der Waals surface area (Å²) in [6.45, 7) is 2.66. The van der Waals surface area contributed by atoms with Gasteiger partial charge in [-0.3, -0.25) is 9.78 Å². The zero-order valence-electron chi connectivity index (χ0n) is 15.9. The number of pyridine rings is 1. The molecule has 29 heavy (non-hydrogen) atoms. The highest BCUT2D eigenvalue weighted by molar-refractivity contribution is 6.07. The molecule has 2 heterocycles. The number of anilines is 1. The van der Waals surface area contributed by atoms with Crippen LogP contribution >= 0.6 is 0 Å². The van der Waals surface area contributed by atoms with E-state index in [4.69, 9.17) is 14.2 Å². The molecule has 146 valence electrons. The maximum absolute atomic E-state index is 12.6. The second kappa shape index (κ2) is 8.48. The van der Waals surface area contributed by atoms with Crippen LogP contribution in [0, 0.1) is 0 Å². The number of carbonyl (C=O) groups is 1. The van der Waals surface area contributed by atoms with Crippen LogP contribution in [0.4, 0.5) is 5.69 Å². The Kier molecular flexibility index (Phi) is 5.42. The zero-order valence-corrected chi connectivity index (χ0v) is 15.9. The molecule has 6 nitrogen and oxygen atoms in total. The van der Waals surface area contributed by atoms with Gasteiger partial charge in [-0.05, 0) is 55.5 Å². The van der Waals surface area contributed by atoms with Gasteiger partial charge in [0, 0.05) is 23.6 Å². The lowest BCUT2D eigenvalue weighted by Gasteiger charge is -2.20. The fraction of sp³-hybridized carbons (Fsp3) is 0.130. The second-order valence-electron chi connectivity index (χ2n) is 6.33. The Labute approximate surface area is 168 Å². The summed E-state index contributed by atoms with van der Waals surface area (Å²) in [6, 6.07) is 16.4. The normalized spacial score (nSPS) is 12.2. The number of ether oxygens (including phenoxy) is 3. The molecular formula is C23H20N2O4. The number of nitrogens with zero attached hydrogens (tertiary/aromatic N) is 1. The molecule has 0 radical (unpaired) electrons. The molecule has 6 heteroatoms. The van der Waals surface area contributed by atoms with Gasteiger partial charge in [0.15, 0.2) is 11.5 Å². The van der Waals surface area contributed by atoms with Crippen molar-refractivity contribution in [2.45, 2.75) is 6.92 Å². The van der Waals surface area contributed by atoms with Gasteiger partial charge in [0.25, 0.3) is 5.91 Å². The molecule has 0 unspecified atom stereocenters. The number of hydrogen-bond donors (Lipinski definition) is 1. The van der Waals surface area contributed by atoms with Crippen LogP contribution in [-0.4, -0.2) is 24.1 Å². The highest BCUT2D eigenvalue weighted by Crippen LogP contribution is 2.36. The molecular weight excluding hydrogens is 368 g/mol. The van der Waals surface area contributed by atoms with Gasteiger partial charge in [0.1, 0.15) is 18.1 Å². The fourth-order valence-electron chi connectivity index (χ4n) is 2.94. The third-order valence-corrected chi connectivity index (χ3v) is 4.30. The van der Waals surface area contributed by atoms with Gasteiger partial charge in [-0.2, -0.15) is 0 Å². The SMILES string of the molecule is CCOc1cccc2c1OCC(C(=O)Nc1ccc(Oc3ccncc3)cc1)=C2. The zero-order chi connectivity index (χ0) is 20.1. The number of fused-ring (bicyclic) bond motifs is 1. The molecule has 1 aliphatic heterocycles. The van der Waals surface area contributed by atoms with Crippen LogP contribution in [0.15, 0.2) is 72.6 Å². The van der Waals surface area contributed by atoms with Crippen molar-refractivity contribution in [2.24, 2.45) is 0 Å². The molecule has 4 rings (SSSR count). The van der Waals surface area contributed by atoms with E-state index in [1.54, 1.807) is 48.8 Å². The van der Waals surface area contributed by atoms with Crippen molar-refractivity contribution in [3.8, 4) is 23.0 Å².